The molecule has 0 bridgehead atoms. The quantitative estimate of drug-likeness (QED) is 0.715. The van der Waals surface area contributed by atoms with Gasteiger partial charge in [0.2, 0.25) is 5.95 Å². The lowest BCUT2D eigenvalue weighted by Gasteiger charge is -2.17. The van der Waals surface area contributed by atoms with Gasteiger partial charge in [-0.05, 0) is 55.8 Å². The summed E-state index contributed by atoms with van der Waals surface area (Å²) in [5.74, 6) is 0.131. The van der Waals surface area contributed by atoms with Crippen molar-refractivity contribution < 1.29 is 0 Å². The average Bonchev–Trinajstić information content (AvgIpc) is 2.66. The van der Waals surface area contributed by atoms with Crippen molar-refractivity contribution >= 4 is 23.2 Å². The number of anilines is 2. The molecular weight excluding hydrogens is 378 g/mol. The van der Waals surface area contributed by atoms with E-state index in [1.807, 2.05) is 18.2 Å². The second kappa shape index (κ2) is 8.11. The lowest BCUT2D eigenvalue weighted by molar-refractivity contribution is 0.497. The maximum Gasteiger partial charge on any atom is 0.355 e. The highest BCUT2D eigenvalue weighted by molar-refractivity contribution is 6.30. The number of hydrogen-bond acceptors (Lipinski definition) is 5. The van der Waals surface area contributed by atoms with E-state index in [2.05, 4.69) is 10.3 Å². The summed E-state index contributed by atoms with van der Waals surface area (Å²) in [6.07, 6.45) is 0. The van der Waals surface area contributed by atoms with Crippen LogP contribution in [-0.4, -0.2) is 14.1 Å². The van der Waals surface area contributed by atoms with E-state index in [9.17, 15) is 9.59 Å². The van der Waals surface area contributed by atoms with Crippen LogP contribution in [0.4, 0.5) is 11.6 Å². The number of nitriles is 1. The first kappa shape index (κ1) is 19.4. The molecule has 0 spiro atoms. The normalized spacial score (nSPS) is 10.7. The van der Waals surface area contributed by atoms with Gasteiger partial charge in [-0.2, -0.15) is 10.2 Å². The summed E-state index contributed by atoms with van der Waals surface area (Å²) in [7, 11) is 0. The molecule has 3 aromatic rings. The van der Waals surface area contributed by atoms with Crippen LogP contribution in [0.5, 0.6) is 0 Å². The molecule has 3 rings (SSSR count). The molecule has 1 N–H and O–H groups in total. The predicted octanol–water partition coefficient (Wildman–Crippen LogP) is 3.30. The molecule has 0 atom stereocenters. The molecule has 0 aliphatic rings. The lowest BCUT2D eigenvalue weighted by Crippen LogP contribution is -2.43. The number of aromatic nitrogens is 3. The van der Waals surface area contributed by atoms with Gasteiger partial charge in [-0.25, -0.2) is 14.2 Å². The van der Waals surface area contributed by atoms with Crippen LogP contribution in [0, 0.1) is 11.3 Å². The Morgan fingerprint density at radius 2 is 1.75 bits per heavy atom. The minimum Gasteiger partial charge on any atom is -0.325 e. The molecular formula is C20H18ClN5O2. The molecule has 0 saturated heterocycles. The highest BCUT2D eigenvalue weighted by Gasteiger charge is 2.16. The van der Waals surface area contributed by atoms with Crippen LogP contribution in [-0.2, 0) is 6.54 Å². The van der Waals surface area contributed by atoms with Crippen molar-refractivity contribution in [2.45, 2.75) is 26.4 Å². The minimum absolute atomic E-state index is 0.131. The van der Waals surface area contributed by atoms with Crippen molar-refractivity contribution in [3.8, 4) is 6.07 Å². The first-order valence-electron chi connectivity index (χ1n) is 8.64. The van der Waals surface area contributed by atoms with Crippen LogP contribution in [0.2, 0.25) is 5.02 Å². The molecule has 0 aliphatic heterocycles. The summed E-state index contributed by atoms with van der Waals surface area (Å²) >= 11 is 5.94. The highest BCUT2D eigenvalue weighted by Crippen LogP contribution is 2.16. The number of rotatable bonds is 5. The zero-order valence-corrected chi connectivity index (χ0v) is 16.1. The largest absolute Gasteiger partial charge is 0.355 e. The van der Waals surface area contributed by atoms with Gasteiger partial charge in [-0.1, -0.05) is 23.7 Å². The first-order chi connectivity index (χ1) is 13.4. The average molecular weight is 396 g/mol. The van der Waals surface area contributed by atoms with Crippen LogP contribution >= 0.6 is 11.6 Å². The number of nitrogens with zero attached hydrogens (tertiary/aromatic N) is 4. The number of hydrogen-bond donors (Lipinski definition) is 1. The molecule has 28 heavy (non-hydrogen) atoms. The Labute approximate surface area is 166 Å². The zero-order chi connectivity index (χ0) is 20.3. The van der Waals surface area contributed by atoms with E-state index in [0.29, 0.717) is 16.3 Å². The summed E-state index contributed by atoms with van der Waals surface area (Å²) in [6, 6.07) is 15.5. The summed E-state index contributed by atoms with van der Waals surface area (Å²) in [4.78, 5) is 29.4. The van der Waals surface area contributed by atoms with Gasteiger partial charge in [-0.3, -0.25) is 4.57 Å². The molecule has 0 unspecified atom stereocenters. The Morgan fingerprint density at radius 3 is 2.32 bits per heavy atom. The van der Waals surface area contributed by atoms with E-state index in [1.165, 1.54) is 4.57 Å². The monoisotopic (exact) mass is 395 g/mol. The smallest absolute Gasteiger partial charge is 0.325 e. The van der Waals surface area contributed by atoms with Crippen molar-refractivity contribution in [1.82, 2.24) is 14.1 Å². The van der Waals surface area contributed by atoms with Gasteiger partial charge in [0.1, 0.15) is 0 Å². The predicted molar refractivity (Wildman–Crippen MR) is 108 cm³/mol. The van der Waals surface area contributed by atoms with Crippen molar-refractivity contribution in [2.24, 2.45) is 0 Å². The van der Waals surface area contributed by atoms with E-state index in [-0.39, 0.29) is 18.5 Å². The molecule has 7 nitrogen and oxygen atoms in total. The van der Waals surface area contributed by atoms with E-state index in [0.717, 1.165) is 10.1 Å². The fourth-order valence-electron chi connectivity index (χ4n) is 2.72. The summed E-state index contributed by atoms with van der Waals surface area (Å²) in [5, 5.41) is 12.5. The molecule has 0 aliphatic carbocycles. The maximum atomic E-state index is 13.0. The van der Waals surface area contributed by atoms with Gasteiger partial charge in [0, 0.05) is 16.8 Å². The molecule has 2 aromatic carbocycles. The van der Waals surface area contributed by atoms with Crippen LogP contribution in [0.3, 0.4) is 0 Å². The van der Waals surface area contributed by atoms with Gasteiger partial charge in [0.15, 0.2) is 0 Å². The summed E-state index contributed by atoms with van der Waals surface area (Å²) in [6.45, 7) is 3.73. The van der Waals surface area contributed by atoms with Crippen molar-refractivity contribution in [3.05, 3.63) is 85.6 Å². The Bertz CT molecular complexity index is 1140. The lowest BCUT2D eigenvalue weighted by atomic mass is 10.2. The van der Waals surface area contributed by atoms with Crippen LogP contribution < -0.4 is 16.7 Å². The Balaban J connectivity index is 2.08. The molecule has 0 amide bonds. The van der Waals surface area contributed by atoms with Crippen molar-refractivity contribution in [1.29, 1.82) is 5.26 Å². The van der Waals surface area contributed by atoms with E-state index in [1.54, 1.807) is 50.2 Å². The molecule has 0 saturated carbocycles. The summed E-state index contributed by atoms with van der Waals surface area (Å²) < 4.78 is 2.52. The fraction of sp³-hybridized carbons (Fsp3) is 0.200. The number of nitrogens with one attached hydrogen (secondary N) is 1. The van der Waals surface area contributed by atoms with Crippen molar-refractivity contribution in [2.75, 3.05) is 5.32 Å². The van der Waals surface area contributed by atoms with E-state index >= 15 is 0 Å². The highest BCUT2D eigenvalue weighted by atomic mass is 35.5. The molecule has 0 radical (unpaired) electrons. The van der Waals surface area contributed by atoms with Gasteiger partial charge in [-0.15, -0.1) is 0 Å². The third-order valence-corrected chi connectivity index (χ3v) is 4.39. The van der Waals surface area contributed by atoms with E-state index < -0.39 is 11.4 Å². The maximum absolute atomic E-state index is 13.0. The first-order valence-corrected chi connectivity index (χ1v) is 9.02. The SMILES string of the molecule is CC(C)n1c(=O)nc(Nc2ccc(C#N)cc2)n(Cc2ccc(Cl)cc2)c1=O. The Kier molecular flexibility index (Phi) is 5.62. The Morgan fingerprint density at radius 1 is 1.11 bits per heavy atom. The fourth-order valence-corrected chi connectivity index (χ4v) is 2.84. The Hall–Kier alpha value is -3.37. The summed E-state index contributed by atoms with van der Waals surface area (Å²) in [5.41, 5.74) is 0.875. The standard InChI is InChI=1S/C20H18ClN5O2/c1-13(2)26-19(27)24-18(23-17-9-5-14(11-22)6-10-17)25(20(26)28)12-15-3-7-16(21)8-4-15/h3-10,13H,12H2,1-2H3,(H,23,24,27). The number of halogens is 1. The van der Waals surface area contributed by atoms with Gasteiger partial charge < -0.3 is 5.32 Å². The zero-order valence-electron chi connectivity index (χ0n) is 15.4. The van der Waals surface area contributed by atoms with Gasteiger partial charge in [0.05, 0.1) is 18.2 Å². The minimum atomic E-state index is -0.622. The molecule has 1 heterocycles. The van der Waals surface area contributed by atoms with Gasteiger partial charge in [0.25, 0.3) is 0 Å². The molecule has 142 valence electrons. The van der Waals surface area contributed by atoms with Crippen LogP contribution in [0.1, 0.15) is 31.0 Å². The van der Waals surface area contributed by atoms with Crippen LogP contribution in [0.25, 0.3) is 0 Å². The number of benzene rings is 2. The second-order valence-electron chi connectivity index (χ2n) is 6.49. The second-order valence-corrected chi connectivity index (χ2v) is 6.93. The molecule has 8 heteroatoms. The van der Waals surface area contributed by atoms with Gasteiger partial charge >= 0.3 is 11.4 Å². The van der Waals surface area contributed by atoms with E-state index in [4.69, 9.17) is 16.9 Å². The molecule has 1 aromatic heterocycles. The third-order valence-electron chi connectivity index (χ3n) is 4.14. The third kappa shape index (κ3) is 4.13. The van der Waals surface area contributed by atoms with Crippen molar-refractivity contribution in [3.63, 3.8) is 0 Å². The topological polar surface area (TPSA) is 92.7 Å². The molecule has 0 fully saturated rings. The van der Waals surface area contributed by atoms with Crippen LogP contribution in [0.15, 0.2) is 58.1 Å².